The Balaban J connectivity index is 6.04. The molecule has 0 fully saturated rings. The van der Waals surface area contributed by atoms with E-state index in [1.165, 1.54) is 0 Å². The SMILES string of the molecule is O=C([O-])C(Cl)=CCCCC(F)(F)C(F)(F)C(F)(F)C(F)(F)C(F)(F)C(F)(F)C(F)(F)F. The van der Waals surface area contributed by atoms with Gasteiger partial charge in [-0.1, -0.05) is 17.7 Å². The number of unbranched alkanes of at least 4 members (excludes halogenated alkanes) is 1. The first-order chi connectivity index (χ1) is 13.3. The van der Waals surface area contributed by atoms with Crippen LogP contribution in [0, 0.1) is 0 Å². The minimum atomic E-state index is -8.33. The molecule has 0 aromatic heterocycles. The summed E-state index contributed by atoms with van der Waals surface area (Å²) in [7, 11) is 0. The number of halogens is 16. The zero-order valence-corrected chi connectivity index (χ0v) is 14.8. The quantitative estimate of drug-likeness (QED) is 0.222. The molecule has 0 bridgehead atoms. The fourth-order valence-corrected chi connectivity index (χ4v) is 1.90. The van der Waals surface area contributed by atoms with Gasteiger partial charge >= 0.3 is 41.7 Å². The number of carboxylic acids is 1. The molecule has 0 aromatic carbocycles. The van der Waals surface area contributed by atoms with Gasteiger partial charge in [-0.2, -0.15) is 65.9 Å². The zero-order chi connectivity index (χ0) is 25.5. The zero-order valence-electron chi connectivity index (χ0n) is 14.1. The Bertz CT molecular complexity index is 696. The minimum Gasteiger partial charge on any atom is -0.544 e. The number of rotatable bonds is 10. The van der Waals surface area contributed by atoms with E-state index in [-0.39, 0.29) is 0 Å². The van der Waals surface area contributed by atoms with Crippen molar-refractivity contribution in [2.75, 3.05) is 0 Å². The fraction of sp³-hybridized carbons (Fsp3) is 0.769. The van der Waals surface area contributed by atoms with Gasteiger partial charge in [-0.3, -0.25) is 0 Å². The van der Waals surface area contributed by atoms with Gasteiger partial charge in [-0.05, 0) is 12.8 Å². The Morgan fingerprint density at radius 3 is 1.39 bits per heavy atom. The molecule has 184 valence electrons. The molecule has 0 unspecified atom stereocenters. The molecule has 0 heterocycles. The average Bonchev–Trinajstić information content (AvgIpc) is 2.56. The van der Waals surface area contributed by atoms with Crippen LogP contribution in [0.5, 0.6) is 0 Å². The molecule has 0 rings (SSSR count). The van der Waals surface area contributed by atoms with Crippen molar-refractivity contribution in [2.45, 2.75) is 61.0 Å². The second-order valence-electron chi connectivity index (χ2n) is 5.81. The molecule has 0 N–H and O–H groups in total. The van der Waals surface area contributed by atoms with Crippen LogP contribution in [0.25, 0.3) is 0 Å². The Labute approximate surface area is 166 Å². The molecule has 0 atom stereocenters. The summed E-state index contributed by atoms with van der Waals surface area (Å²) in [4.78, 5) is 10.2. The number of hydrogen-bond acceptors (Lipinski definition) is 2. The third-order valence-corrected chi connectivity index (χ3v) is 3.91. The number of carbonyl (C=O) groups is 1. The lowest BCUT2D eigenvalue weighted by molar-refractivity contribution is -0.452. The Hall–Kier alpha value is -1.55. The third-order valence-electron chi connectivity index (χ3n) is 3.61. The van der Waals surface area contributed by atoms with Gasteiger partial charge in [-0.25, -0.2) is 0 Å². The molecule has 2 nitrogen and oxygen atoms in total. The highest BCUT2D eigenvalue weighted by molar-refractivity contribution is 6.40. The van der Waals surface area contributed by atoms with Crippen LogP contribution < -0.4 is 5.11 Å². The monoisotopic (exact) mass is 515 g/mol. The van der Waals surface area contributed by atoms with Crippen LogP contribution in [0.4, 0.5) is 65.9 Å². The molecule has 0 saturated heterocycles. The maximum atomic E-state index is 13.4. The lowest BCUT2D eigenvalue weighted by Gasteiger charge is -2.41. The van der Waals surface area contributed by atoms with E-state index in [2.05, 4.69) is 0 Å². The van der Waals surface area contributed by atoms with Crippen LogP contribution in [0.3, 0.4) is 0 Å². The lowest BCUT2D eigenvalue weighted by Crippen LogP contribution is -2.72. The molecule has 18 heteroatoms. The van der Waals surface area contributed by atoms with E-state index in [1.54, 1.807) is 0 Å². The molecule has 0 amide bonds. The van der Waals surface area contributed by atoms with Crippen LogP contribution in [-0.4, -0.2) is 47.7 Å². The summed E-state index contributed by atoms with van der Waals surface area (Å²) in [6.45, 7) is 0. The predicted octanol–water partition coefficient (Wildman–Crippen LogP) is 5.40. The highest BCUT2D eigenvalue weighted by Crippen LogP contribution is 2.62. The van der Waals surface area contributed by atoms with Gasteiger partial charge < -0.3 is 9.90 Å². The van der Waals surface area contributed by atoms with Gasteiger partial charge in [0.25, 0.3) is 0 Å². The second kappa shape index (κ2) is 8.42. The molecule has 0 saturated carbocycles. The summed E-state index contributed by atoms with van der Waals surface area (Å²) in [6.07, 6.45) is -12.3. The smallest absolute Gasteiger partial charge is 0.460 e. The normalized spacial score (nSPS) is 15.9. The van der Waals surface area contributed by atoms with Gasteiger partial charge in [-0.15, -0.1) is 0 Å². The van der Waals surface area contributed by atoms with E-state index in [0.29, 0.717) is 6.08 Å². The van der Waals surface area contributed by atoms with Crippen molar-refractivity contribution in [3.63, 3.8) is 0 Å². The van der Waals surface area contributed by atoms with Crippen molar-refractivity contribution in [1.29, 1.82) is 0 Å². The first-order valence-electron chi connectivity index (χ1n) is 7.23. The topological polar surface area (TPSA) is 40.1 Å². The van der Waals surface area contributed by atoms with Crippen molar-refractivity contribution in [3.05, 3.63) is 11.1 Å². The minimum absolute atomic E-state index is 0.315. The van der Waals surface area contributed by atoms with Crippen molar-refractivity contribution in [3.8, 4) is 0 Å². The van der Waals surface area contributed by atoms with Crippen molar-refractivity contribution < 1.29 is 75.8 Å². The Kier molecular flexibility index (Phi) is 8.00. The predicted molar refractivity (Wildman–Crippen MR) is 68.5 cm³/mol. The maximum Gasteiger partial charge on any atom is 0.460 e. The van der Waals surface area contributed by atoms with E-state index >= 15 is 0 Å². The molecule has 0 aliphatic rings. The first-order valence-corrected chi connectivity index (χ1v) is 7.61. The highest BCUT2D eigenvalue weighted by atomic mass is 35.5. The Morgan fingerprint density at radius 1 is 0.677 bits per heavy atom. The summed E-state index contributed by atoms with van der Waals surface area (Å²) in [5.74, 6) is -48.8. The van der Waals surface area contributed by atoms with Gasteiger partial charge in [0.1, 0.15) is 0 Å². The van der Waals surface area contributed by atoms with Gasteiger partial charge in [0.2, 0.25) is 0 Å². The number of hydrogen-bond donors (Lipinski definition) is 0. The van der Waals surface area contributed by atoms with Crippen LogP contribution in [-0.2, 0) is 4.79 Å². The van der Waals surface area contributed by atoms with E-state index in [1.807, 2.05) is 0 Å². The van der Waals surface area contributed by atoms with E-state index in [4.69, 9.17) is 11.6 Å². The molecule has 0 aromatic rings. The molecule has 0 radical (unpaired) electrons. The lowest BCUT2D eigenvalue weighted by atomic mass is 9.89. The summed E-state index contributed by atoms with van der Waals surface area (Å²) >= 11 is 4.92. The second-order valence-corrected chi connectivity index (χ2v) is 6.21. The van der Waals surface area contributed by atoms with Crippen LogP contribution >= 0.6 is 11.6 Å². The number of alkyl halides is 15. The van der Waals surface area contributed by atoms with Crippen molar-refractivity contribution in [2.24, 2.45) is 0 Å². The summed E-state index contributed by atoms with van der Waals surface area (Å²) < 4.78 is 194. The Morgan fingerprint density at radius 2 is 1.03 bits per heavy atom. The largest absolute Gasteiger partial charge is 0.544 e. The number of carbonyl (C=O) groups excluding carboxylic acids is 1. The number of allylic oxidation sites excluding steroid dienone is 1. The summed E-state index contributed by atoms with van der Waals surface area (Å²) in [5.41, 5.74) is 0. The summed E-state index contributed by atoms with van der Waals surface area (Å²) in [6, 6.07) is 0. The maximum absolute atomic E-state index is 13.4. The van der Waals surface area contributed by atoms with Gasteiger partial charge in [0.15, 0.2) is 0 Å². The third kappa shape index (κ3) is 4.79. The van der Waals surface area contributed by atoms with E-state index in [0.717, 1.165) is 0 Å². The fourth-order valence-electron chi connectivity index (χ4n) is 1.79. The molecule has 0 aliphatic heterocycles. The van der Waals surface area contributed by atoms with Crippen molar-refractivity contribution >= 4 is 17.6 Å². The average molecular weight is 516 g/mol. The molecule has 0 spiro atoms. The van der Waals surface area contributed by atoms with Crippen LogP contribution in [0.15, 0.2) is 11.1 Å². The van der Waals surface area contributed by atoms with Gasteiger partial charge in [0.05, 0.1) is 11.0 Å². The van der Waals surface area contributed by atoms with Crippen LogP contribution in [0.2, 0.25) is 0 Å². The van der Waals surface area contributed by atoms with Crippen LogP contribution in [0.1, 0.15) is 19.3 Å². The molecule has 31 heavy (non-hydrogen) atoms. The molecular weight excluding hydrogens is 509 g/mol. The van der Waals surface area contributed by atoms with E-state index in [9.17, 15) is 75.8 Å². The summed E-state index contributed by atoms with van der Waals surface area (Å²) in [5, 5.41) is 8.98. The molecular formula is C13H7ClF15O2-. The highest BCUT2D eigenvalue weighted by Gasteiger charge is 2.93. The first kappa shape index (κ1) is 29.5. The number of aliphatic carboxylic acids is 1. The van der Waals surface area contributed by atoms with E-state index < -0.39 is 72.0 Å². The standard InChI is InChI=1S/C13H8ClF15O2/c14-5(6(30)31)3-1-2-4-7(15,16)8(17,18)9(19,20)10(21,22)11(23,24)12(25,26)13(27,28)29/h3H,1-2,4H2,(H,30,31)/p-1. The molecule has 0 aliphatic carbocycles. The number of carboxylic acid groups (broad SMARTS) is 1. The van der Waals surface area contributed by atoms with Gasteiger partial charge in [0, 0.05) is 6.42 Å². The van der Waals surface area contributed by atoms with Crippen molar-refractivity contribution in [1.82, 2.24) is 0 Å².